The minimum absolute atomic E-state index is 0.194. The van der Waals surface area contributed by atoms with Gasteiger partial charge in [-0.25, -0.2) is 4.57 Å². The van der Waals surface area contributed by atoms with Crippen LogP contribution in [0, 0.1) is 0 Å². The van der Waals surface area contributed by atoms with Crippen molar-refractivity contribution in [1.29, 1.82) is 0 Å². The highest BCUT2D eigenvalue weighted by molar-refractivity contribution is 7.47. The van der Waals surface area contributed by atoms with E-state index in [0.29, 0.717) is 12.8 Å². The second kappa shape index (κ2) is 56.7. The molecule has 0 amide bonds. The molecule has 424 valence electrons. The van der Waals surface area contributed by atoms with E-state index in [9.17, 15) is 24.2 Å². The monoisotopic (exact) mass is 1030 g/mol. The van der Waals surface area contributed by atoms with Gasteiger partial charge in [0.05, 0.1) is 19.8 Å². The van der Waals surface area contributed by atoms with Crippen LogP contribution < -0.4 is 0 Å². The summed E-state index contributed by atoms with van der Waals surface area (Å²) in [5, 5.41) is 18.5. The van der Waals surface area contributed by atoms with Crippen LogP contribution in [0.25, 0.3) is 0 Å². The molecule has 0 aliphatic heterocycles. The van der Waals surface area contributed by atoms with Crippen molar-refractivity contribution in [1.82, 2.24) is 0 Å². The third-order valence-electron chi connectivity index (χ3n) is 14.3. The third kappa shape index (κ3) is 56.5. The first-order valence-electron chi connectivity index (χ1n) is 31.0. The van der Waals surface area contributed by atoms with Gasteiger partial charge in [-0.1, -0.05) is 309 Å². The molecule has 0 aromatic heterocycles. The fraction of sp³-hybridized carbons (Fsp3) is 0.967. The smallest absolute Gasteiger partial charge is 0.462 e. The number of aliphatic hydroxyl groups is 2. The van der Waals surface area contributed by atoms with Crippen LogP contribution in [0.1, 0.15) is 335 Å². The van der Waals surface area contributed by atoms with Crippen molar-refractivity contribution in [3.05, 3.63) is 0 Å². The van der Waals surface area contributed by atoms with Crippen molar-refractivity contribution < 1.29 is 47.8 Å². The molecule has 0 aromatic rings. The van der Waals surface area contributed by atoms with Gasteiger partial charge in [-0.3, -0.25) is 18.6 Å². The summed E-state index contributed by atoms with van der Waals surface area (Å²) in [4.78, 5) is 35.4. The van der Waals surface area contributed by atoms with E-state index >= 15 is 0 Å². The van der Waals surface area contributed by atoms with Gasteiger partial charge in [0.25, 0.3) is 0 Å². The molecule has 0 heterocycles. The third-order valence-corrected chi connectivity index (χ3v) is 15.2. The van der Waals surface area contributed by atoms with Crippen molar-refractivity contribution >= 4 is 19.8 Å². The summed E-state index contributed by atoms with van der Waals surface area (Å²) in [5.41, 5.74) is 0. The lowest BCUT2D eigenvalue weighted by molar-refractivity contribution is -0.161. The van der Waals surface area contributed by atoms with Crippen molar-refractivity contribution in [3.8, 4) is 0 Å². The zero-order valence-electron chi connectivity index (χ0n) is 47.0. The highest BCUT2D eigenvalue weighted by atomic mass is 31.2. The standard InChI is InChI=1S/C60H119O10P/c1-3-5-7-9-11-13-15-17-19-21-23-25-27-29-31-33-35-37-39-41-43-45-47-49-51-59(63)67-55-58(56-69-71(65,66)68-54-57(62)53-61)70-60(64)52-50-48-46-44-42-40-38-36-34-32-30-28-26-24-22-20-18-16-14-12-10-8-6-4-2/h57-58,61-62H,3-56H2,1-2H3,(H,65,66). The van der Waals surface area contributed by atoms with Gasteiger partial charge in [0.15, 0.2) is 6.10 Å². The molecule has 3 unspecified atom stereocenters. The molecule has 0 spiro atoms. The van der Waals surface area contributed by atoms with E-state index in [4.69, 9.17) is 23.6 Å². The Morgan fingerprint density at radius 2 is 0.606 bits per heavy atom. The molecule has 0 saturated heterocycles. The van der Waals surface area contributed by atoms with Gasteiger partial charge in [-0.05, 0) is 12.8 Å². The quantitative estimate of drug-likeness (QED) is 0.0305. The molecule has 0 radical (unpaired) electrons. The number of rotatable bonds is 60. The molecule has 3 N–H and O–H groups in total. The molecule has 0 rings (SSSR count). The lowest BCUT2D eigenvalue weighted by Gasteiger charge is -2.20. The molecule has 0 saturated carbocycles. The molecule has 71 heavy (non-hydrogen) atoms. The van der Waals surface area contributed by atoms with Crippen LogP contribution in [-0.4, -0.2) is 65.7 Å². The van der Waals surface area contributed by atoms with Gasteiger partial charge in [0, 0.05) is 12.8 Å². The average Bonchev–Trinajstić information content (AvgIpc) is 3.36. The minimum Gasteiger partial charge on any atom is -0.462 e. The van der Waals surface area contributed by atoms with Crippen LogP contribution in [0.5, 0.6) is 0 Å². The lowest BCUT2D eigenvalue weighted by atomic mass is 10.0. The van der Waals surface area contributed by atoms with E-state index < -0.39 is 51.8 Å². The minimum atomic E-state index is -4.62. The zero-order valence-corrected chi connectivity index (χ0v) is 47.9. The summed E-state index contributed by atoms with van der Waals surface area (Å²) in [6.45, 7) is 2.49. The predicted octanol–water partition coefficient (Wildman–Crippen LogP) is 18.5. The van der Waals surface area contributed by atoms with Crippen LogP contribution in [0.4, 0.5) is 0 Å². The largest absolute Gasteiger partial charge is 0.472 e. The fourth-order valence-electron chi connectivity index (χ4n) is 9.53. The molecule has 0 bridgehead atoms. The zero-order chi connectivity index (χ0) is 51.8. The predicted molar refractivity (Wildman–Crippen MR) is 298 cm³/mol. The van der Waals surface area contributed by atoms with Crippen LogP contribution >= 0.6 is 7.82 Å². The van der Waals surface area contributed by atoms with Crippen LogP contribution in [0.15, 0.2) is 0 Å². The average molecular weight is 1030 g/mol. The maximum Gasteiger partial charge on any atom is 0.472 e. The number of phosphoric acid groups is 1. The summed E-state index contributed by atoms with van der Waals surface area (Å²) in [6.07, 6.45) is 61.0. The molecule has 0 aliphatic carbocycles. The maximum absolute atomic E-state index is 12.7. The van der Waals surface area contributed by atoms with E-state index in [0.717, 1.165) is 32.1 Å². The van der Waals surface area contributed by atoms with E-state index in [1.54, 1.807) is 0 Å². The molecule has 3 atom stereocenters. The van der Waals surface area contributed by atoms with E-state index in [1.807, 2.05) is 0 Å². The summed E-state index contributed by atoms with van der Waals surface area (Å²) in [5.74, 6) is -0.896. The number of carbonyl (C=O) groups excluding carboxylic acids is 2. The highest BCUT2D eigenvalue weighted by Gasteiger charge is 2.27. The van der Waals surface area contributed by atoms with Gasteiger partial charge in [0.1, 0.15) is 12.7 Å². The van der Waals surface area contributed by atoms with E-state index in [1.165, 1.54) is 263 Å². The molecule has 0 fully saturated rings. The van der Waals surface area contributed by atoms with Crippen LogP contribution in [-0.2, 0) is 32.7 Å². The Labute approximate surface area is 439 Å². The number of ether oxygens (including phenoxy) is 2. The van der Waals surface area contributed by atoms with E-state index in [2.05, 4.69) is 13.8 Å². The Morgan fingerprint density at radius 1 is 0.366 bits per heavy atom. The Bertz CT molecular complexity index is 1140. The van der Waals surface area contributed by atoms with Gasteiger partial charge >= 0.3 is 19.8 Å². The van der Waals surface area contributed by atoms with Crippen molar-refractivity contribution in [3.63, 3.8) is 0 Å². The summed E-state index contributed by atoms with van der Waals surface area (Å²) < 4.78 is 33.0. The topological polar surface area (TPSA) is 149 Å². The van der Waals surface area contributed by atoms with Crippen molar-refractivity contribution in [2.45, 2.75) is 347 Å². The lowest BCUT2D eigenvalue weighted by Crippen LogP contribution is -2.29. The number of hydrogen-bond acceptors (Lipinski definition) is 9. The highest BCUT2D eigenvalue weighted by Crippen LogP contribution is 2.43. The first kappa shape index (κ1) is 70.0. The first-order valence-corrected chi connectivity index (χ1v) is 32.5. The summed E-state index contributed by atoms with van der Waals surface area (Å²) in [6, 6.07) is 0. The summed E-state index contributed by atoms with van der Waals surface area (Å²) in [7, 11) is -4.62. The summed E-state index contributed by atoms with van der Waals surface area (Å²) >= 11 is 0. The van der Waals surface area contributed by atoms with E-state index in [-0.39, 0.29) is 19.4 Å². The Kier molecular flexibility index (Phi) is 55.9. The number of esters is 2. The molecular weight excluding hydrogens is 912 g/mol. The van der Waals surface area contributed by atoms with Crippen LogP contribution in [0.2, 0.25) is 0 Å². The van der Waals surface area contributed by atoms with Crippen LogP contribution in [0.3, 0.4) is 0 Å². The second-order valence-corrected chi connectivity index (χ2v) is 22.9. The van der Waals surface area contributed by atoms with Crippen molar-refractivity contribution in [2.24, 2.45) is 0 Å². The Hall–Kier alpha value is -1.03. The number of hydrogen-bond donors (Lipinski definition) is 3. The fourth-order valence-corrected chi connectivity index (χ4v) is 10.3. The molecule has 11 heteroatoms. The second-order valence-electron chi connectivity index (χ2n) is 21.5. The molecule has 0 aliphatic rings. The van der Waals surface area contributed by atoms with Gasteiger partial charge < -0.3 is 24.6 Å². The maximum atomic E-state index is 12.7. The molecular formula is C60H119O10P. The normalized spacial score (nSPS) is 13.4. The number of aliphatic hydroxyl groups excluding tert-OH is 2. The Morgan fingerprint density at radius 3 is 0.873 bits per heavy atom. The SMILES string of the molecule is CCCCCCCCCCCCCCCCCCCCCCCCCCC(=O)OCC(COP(=O)(O)OCC(O)CO)OC(=O)CCCCCCCCCCCCCCCCCCCCCCCCCC. The number of unbranched alkanes of at least 4 members (excludes halogenated alkanes) is 46. The van der Waals surface area contributed by atoms with Gasteiger partial charge in [0.2, 0.25) is 0 Å². The molecule has 0 aromatic carbocycles. The van der Waals surface area contributed by atoms with Gasteiger partial charge in [-0.2, -0.15) is 0 Å². The Balaban J connectivity index is 3.99. The van der Waals surface area contributed by atoms with Crippen molar-refractivity contribution in [2.75, 3.05) is 26.4 Å². The first-order chi connectivity index (χ1) is 34.7. The number of carbonyl (C=O) groups is 2. The van der Waals surface area contributed by atoms with Gasteiger partial charge in [-0.15, -0.1) is 0 Å². The number of phosphoric ester groups is 1. The molecule has 10 nitrogen and oxygen atoms in total.